The fraction of sp³-hybridized carbons (Fsp3) is 1.00. The molecule has 5 nitrogen and oxygen atoms in total. The van der Waals surface area contributed by atoms with E-state index in [0.29, 0.717) is 25.6 Å². The first kappa shape index (κ1) is 15.5. The Hall–Kier alpha value is 0.120. The lowest BCUT2D eigenvalue weighted by Gasteiger charge is -2.42. The zero-order valence-corrected chi connectivity index (χ0v) is 13.2. The minimum atomic E-state index is -3.43. The number of halogens is 1. The Bertz CT molecular complexity index is 396. The highest BCUT2D eigenvalue weighted by Crippen LogP contribution is 2.26. The van der Waals surface area contributed by atoms with Crippen LogP contribution < -0.4 is 0 Å². The fourth-order valence-corrected chi connectivity index (χ4v) is 5.26. The molecule has 2 saturated heterocycles. The van der Waals surface area contributed by atoms with Crippen LogP contribution in [0.2, 0.25) is 0 Å². The van der Waals surface area contributed by atoms with Crippen LogP contribution in [-0.4, -0.2) is 60.8 Å². The maximum absolute atomic E-state index is 12.8. The molecule has 0 aromatic heterocycles. The smallest absolute Gasteiger partial charge is 0.282 e. The molecule has 112 valence electrons. The molecular formula is C12H23ClN2O3S. The molecule has 3 atom stereocenters. The summed E-state index contributed by atoms with van der Waals surface area (Å²) in [5, 5.41) is 0. The van der Waals surface area contributed by atoms with E-state index in [9.17, 15) is 8.42 Å². The van der Waals surface area contributed by atoms with Gasteiger partial charge in [0.2, 0.25) is 0 Å². The summed E-state index contributed by atoms with van der Waals surface area (Å²) >= 11 is 5.94. The van der Waals surface area contributed by atoms with Gasteiger partial charge >= 0.3 is 0 Å². The summed E-state index contributed by atoms with van der Waals surface area (Å²) in [4.78, 5) is 0. The predicted octanol–water partition coefficient (Wildman–Crippen LogP) is 1.43. The second-order valence-corrected chi connectivity index (χ2v) is 7.63. The number of alkyl halides is 1. The Morgan fingerprint density at radius 2 is 2.00 bits per heavy atom. The summed E-state index contributed by atoms with van der Waals surface area (Å²) in [7, 11) is -3.43. The molecule has 0 amide bonds. The molecule has 19 heavy (non-hydrogen) atoms. The maximum atomic E-state index is 12.8. The average Bonchev–Trinajstić information content (AvgIpc) is 2.41. The molecule has 2 fully saturated rings. The van der Waals surface area contributed by atoms with Gasteiger partial charge in [-0.3, -0.25) is 0 Å². The number of hydrogen-bond acceptors (Lipinski definition) is 3. The number of ether oxygens (including phenoxy) is 1. The van der Waals surface area contributed by atoms with Gasteiger partial charge < -0.3 is 4.74 Å². The average molecular weight is 311 g/mol. The van der Waals surface area contributed by atoms with E-state index in [1.54, 1.807) is 8.61 Å². The first-order valence-electron chi connectivity index (χ1n) is 6.93. The van der Waals surface area contributed by atoms with Crippen LogP contribution in [0.5, 0.6) is 0 Å². The second-order valence-electron chi connectivity index (χ2n) is 5.49. The molecule has 0 aliphatic carbocycles. The molecule has 0 bridgehead atoms. The van der Waals surface area contributed by atoms with Crippen molar-refractivity contribution in [3.8, 4) is 0 Å². The SMILES string of the molecule is CC1CN(S(=O)(=O)N2CCCCC2CCl)C(C)CO1. The normalized spacial score (nSPS) is 35.4. The van der Waals surface area contributed by atoms with Crippen LogP contribution in [0.15, 0.2) is 0 Å². The molecule has 3 unspecified atom stereocenters. The first-order chi connectivity index (χ1) is 8.96. The van der Waals surface area contributed by atoms with Crippen molar-refractivity contribution in [1.29, 1.82) is 0 Å². The lowest BCUT2D eigenvalue weighted by atomic mass is 10.1. The Morgan fingerprint density at radius 1 is 1.26 bits per heavy atom. The zero-order chi connectivity index (χ0) is 14.0. The van der Waals surface area contributed by atoms with E-state index in [1.807, 2.05) is 13.8 Å². The van der Waals surface area contributed by atoms with Crippen molar-refractivity contribution in [2.75, 3.05) is 25.6 Å². The number of hydrogen-bond donors (Lipinski definition) is 0. The second kappa shape index (κ2) is 6.26. The third-order valence-electron chi connectivity index (χ3n) is 3.89. The summed E-state index contributed by atoms with van der Waals surface area (Å²) in [6, 6.07) is -0.176. The molecule has 2 rings (SSSR count). The van der Waals surface area contributed by atoms with Gasteiger partial charge in [0.1, 0.15) is 0 Å². The van der Waals surface area contributed by atoms with E-state index >= 15 is 0 Å². The molecule has 0 aromatic rings. The summed E-state index contributed by atoms with van der Waals surface area (Å²) in [5.74, 6) is 0.369. The summed E-state index contributed by atoms with van der Waals surface area (Å²) < 4.78 is 34.3. The fourth-order valence-electron chi connectivity index (χ4n) is 2.76. The van der Waals surface area contributed by atoms with Crippen LogP contribution in [0.3, 0.4) is 0 Å². The number of nitrogens with zero attached hydrogens (tertiary/aromatic N) is 2. The number of morpholine rings is 1. The van der Waals surface area contributed by atoms with E-state index in [2.05, 4.69) is 0 Å². The van der Waals surface area contributed by atoms with E-state index in [1.165, 1.54) is 0 Å². The van der Waals surface area contributed by atoms with Crippen molar-refractivity contribution < 1.29 is 13.2 Å². The molecule has 2 aliphatic rings. The van der Waals surface area contributed by atoms with E-state index in [0.717, 1.165) is 19.3 Å². The largest absolute Gasteiger partial charge is 0.375 e. The Balaban J connectivity index is 2.19. The van der Waals surface area contributed by atoms with Gasteiger partial charge in [0.05, 0.1) is 12.7 Å². The standard InChI is InChI=1S/C12H23ClN2O3S/c1-10-9-18-11(2)8-15(10)19(16,17)14-6-4-3-5-12(14)7-13/h10-12H,3-9H2,1-2H3. The van der Waals surface area contributed by atoms with Crippen LogP contribution >= 0.6 is 11.6 Å². The number of piperidine rings is 1. The molecular weight excluding hydrogens is 288 g/mol. The maximum Gasteiger partial charge on any atom is 0.282 e. The highest BCUT2D eigenvalue weighted by molar-refractivity contribution is 7.86. The Morgan fingerprint density at radius 3 is 2.68 bits per heavy atom. The van der Waals surface area contributed by atoms with Gasteiger partial charge in [-0.15, -0.1) is 11.6 Å². The monoisotopic (exact) mass is 310 g/mol. The van der Waals surface area contributed by atoms with Crippen LogP contribution in [0, 0.1) is 0 Å². The summed E-state index contributed by atoms with van der Waals surface area (Å²) in [6.45, 7) is 5.26. The third kappa shape index (κ3) is 3.24. The van der Waals surface area contributed by atoms with Crippen molar-refractivity contribution in [3.05, 3.63) is 0 Å². The highest BCUT2D eigenvalue weighted by atomic mass is 35.5. The van der Waals surface area contributed by atoms with Gasteiger partial charge in [-0.1, -0.05) is 6.42 Å². The summed E-state index contributed by atoms with van der Waals surface area (Å²) in [5.41, 5.74) is 0. The van der Waals surface area contributed by atoms with Crippen molar-refractivity contribution >= 4 is 21.8 Å². The molecule has 0 N–H and O–H groups in total. The zero-order valence-electron chi connectivity index (χ0n) is 11.6. The molecule has 7 heteroatoms. The minimum absolute atomic E-state index is 0.0507. The van der Waals surface area contributed by atoms with Crippen molar-refractivity contribution in [2.24, 2.45) is 0 Å². The van der Waals surface area contributed by atoms with Crippen molar-refractivity contribution in [3.63, 3.8) is 0 Å². The first-order valence-corrected chi connectivity index (χ1v) is 8.86. The molecule has 2 aliphatic heterocycles. The van der Waals surface area contributed by atoms with Gasteiger partial charge in [-0.25, -0.2) is 0 Å². The van der Waals surface area contributed by atoms with Crippen LogP contribution in [0.4, 0.5) is 0 Å². The predicted molar refractivity (Wildman–Crippen MR) is 75.6 cm³/mol. The highest BCUT2D eigenvalue weighted by Gasteiger charge is 2.40. The van der Waals surface area contributed by atoms with Crippen LogP contribution in [-0.2, 0) is 14.9 Å². The lowest BCUT2D eigenvalue weighted by Crippen LogP contribution is -2.58. The molecule has 0 radical (unpaired) electrons. The van der Waals surface area contributed by atoms with Gasteiger partial charge in [0.15, 0.2) is 0 Å². The van der Waals surface area contributed by atoms with E-state index < -0.39 is 10.2 Å². The van der Waals surface area contributed by atoms with Crippen LogP contribution in [0.1, 0.15) is 33.1 Å². The van der Waals surface area contributed by atoms with Crippen LogP contribution in [0.25, 0.3) is 0 Å². The lowest BCUT2D eigenvalue weighted by molar-refractivity contribution is -0.0198. The van der Waals surface area contributed by atoms with Gasteiger partial charge in [0.25, 0.3) is 10.2 Å². The quantitative estimate of drug-likeness (QED) is 0.741. The van der Waals surface area contributed by atoms with Gasteiger partial charge in [0, 0.05) is 31.1 Å². The molecule has 0 aromatic carbocycles. The molecule has 0 spiro atoms. The Labute approximate surface area is 121 Å². The molecule has 0 saturated carbocycles. The minimum Gasteiger partial charge on any atom is -0.375 e. The molecule has 2 heterocycles. The number of rotatable bonds is 3. The van der Waals surface area contributed by atoms with Gasteiger partial charge in [-0.2, -0.15) is 17.0 Å². The van der Waals surface area contributed by atoms with E-state index in [4.69, 9.17) is 16.3 Å². The third-order valence-corrected chi connectivity index (χ3v) is 6.43. The Kier molecular flexibility index (Phi) is 5.11. The topological polar surface area (TPSA) is 49.9 Å². The van der Waals surface area contributed by atoms with E-state index in [-0.39, 0.29) is 18.2 Å². The van der Waals surface area contributed by atoms with Gasteiger partial charge in [-0.05, 0) is 26.7 Å². The van der Waals surface area contributed by atoms with Crippen molar-refractivity contribution in [1.82, 2.24) is 8.61 Å². The van der Waals surface area contributed by atoms with Crippen molar-refractivity contribution in [2.45, 2.75) is 51.3 Å². The summed E-state index contributed by atoms with van der Waals surface area (Å²) in [6.07, 6.45) is 2.78.